The molecule has 0 fully saturated rings. The van der Waals surface area contributed by atoms with Crippen LogP contribution < -0.4 is 0 Å². The highest BCUT2D eigenvalue weighted by Crippen LogP contribution is 2.38. The van der Waals surface area contributed by atoms with Gasteiger partial charge in [0.1, 0.15) is 6.54 Å². The molecule has 1 aromatic carbocycles. The zero-order valence-electron chi connectivity index (χ0n) is 14.1. The van der Waals surface area contributed by atoms with E-state index in [1.54, 1.807) is 12.1 Å². The lowest BCUT2D eigenvalue weighted by atomic mass is 10.0. The number of aryl methyl sites for hydroxylation is 2. The standard InChI is InChI=1S/C18H16F3N3O2/c1-3-11-4-6-12(7-5-11)14-8-13(18(19,20)21)16-10(2)23-24(9-15(25)26)17(16)22-14/h4-8H,3,9H2,1-2H3,(H,25,26). The number of aliphatic carboxylic acids is 1. The van der Waals surface area contributed by atoms with E-state index in [-0.39, 0.29) is 22.4 Å². The van der Waals surface area contributed by atoms with Crippen molar-refractivity contribution < 1.29 is 23.1 Å². The molecule has 5 nitrogen and oxygen atoms in total. The second kappa shape index (κ2) is 6.44. The number of carbonyl (C=O) groups is 1. The number of rotatable bonds is 4. The van der Waals surface area contributed by atoms with Crippen LogP contribution in [0.25, 0.3) is 22.3 Å². The van der Waals surface area contributed by atoms with Gasteiger partial charge in [0.2, 0.25) is 0 Å². The molecule has 0 amide bonds. The van der Waals surface area contributed by atoms with Crippen molar-refractivity contribution in [3.8, 4) is 11.3 Å². The summed E-state index contributed by atoms with van der Waals surface area (Å²) in [4.78, 5) is 15.3. The number of carboxylic acid groups (broad SMARTS) is 1. The average Bonchev–Trinajstić information content (AvgIpc) is 2.88. The Morgan fingerprint density at radius 3 is 2.42 bits per heavy atom. The van der Waals surface area contributed by atoms with E-state index >= 15 is 0 Å². The Hall–Kier alpha value is -2.90. The van der Waals surface area contributed by atoms with E-state index in [1.165, 1.54) is 6.92 Å². The Labute approximate surface area is 147 Å². The van der Waals surface area contributed by atoms with Crippen molar-refractivity contribution in [2.24, 2.45) is 0 Å². The van der Waals surface area contributed by atoms with Gasteiger partial charge in [-0.3, -0.25) is 4.79 Å². The predicted octanol–water partition coefficient (Wildman–Crippen LogP) is 4.07. The Balaban J connectivity index is 2.28. The van der Waals surface area contributed by atoms with E-state index in [1.807, 2.05) is 19.1 Å². The second-order valence-corrected chi connectivity index (χ2v) is 5.94. The first-order valence-electron chi connectivity index (χ1n) is 7.97. The van der Waals surface area contributed by atoms with Gasteiger partial charge >= 0.3 is 12.1 Å². The van der Waals surface area contributed by atoms with Crippen molar-refractivity contribution in [3.05, 3.63) is 47.2 Å². The van der Waals surface area contributed by atoms with Crippen LogP contribution >= 0.6 is 0 Å². The molecule has 0 radical (unpaired) electrons. The van der Waals surface area contributed by atoms with Gasteiger partial charge in [-0.05, 0) is 25.0 Å². The molecule has 0 saturated heterocycles. The van der Waals surface area contributed by atoms with Crippen LogP contribution in [0.4, 0.5) is 13.2 Å². The van der Waals surface area contributed by atoms with E-state index in [2.05, 4.69) is 10.1 Å². The van der Waals surface area contributed by atoms with Crippen LogP contribution in [0.5, 0.6) is 0 Å². The first kappa shape index (κ1) is 17.9. The second-order valence-electron chi connectivity index (χ2n) is 5.94. The van der Waals surface area contributed by atoms with E-state index in [0.717, 1.165) is 22.7 Å². The predicted molar refractivity (Wildman–Crippen MR) is 89.7 cm³/mol. The van der Waals surface area contributed by atoms with E-state index in [4.69, 9.17) is 5.11 Å². The van der Waals surface area contributed by atoms with Gasteiger partial charge in [0.25, 0.3) is 0 Å². The summed E-state index contributed by atoms with van der Waals surface area (Å²) in [7, 11) is 0. The molecular weight excluding hydrogens is 347 g/mol. The number of carboxylic acids is 1. The summed E-state index contributed by atoms with van der Waals surface area (Å²) in [5.74, 6) is -1.21. The molecule has 8 heteroatoms. The molecule has 0 atom stereocenters. The molecule has 0 spiro atoms. The Kier molecular flexibility index (Phi) is 4.43. The van der Waals surface area contributed by atoms with E-state index in [0.29, 0.717) is 5.56 Å². The Morgan fingerprint density at radius 2 is 1.88 bits per heavy atom. The fraction of sp³-hybridized carbons (Fsp3) is 0.278. The third-order valence-corrected chi connectivity index (χ3v) is 4.13. The largest absolute Gasteiger partial charge is 0.480 e. The monoisotopic (exact) mass is 363 g/mol. The van der Waals surface area contributed by atoms with Crippen LogP contribution in [-0.2, 0) is 23.9 Å². The Bertz CT molecular complexity index is 976. The number of hydrogen-bond acceptors (Lipinski definition) is 3. The van der Waals surface area contributed by atoms with E-state index < -0.39 is 24.3 Å². The lowest BCUT2D eigenvalue weighted by Crippen LogP contribution is -2.12. The van der Waals surface area contributed by atoms with Crippen molar-refractivity contribution in [2.75, 3.05) is 0 Å². The van der Waals surface area contributed by atoms with Crippen LogP contribution in [0.3, 0.4) is 0 Å². The van der Waals surface area contributed by atoms with Crippen LogP contribution in [0.2, 0.25) is 0 Å². The number of pyridine rings is 1. The van der Waals surface area contributed by atoms with Crippen molar-refractivity contribution in [2.45, 2.75) is 33.0 Å². The maximum absolute atomic E-state index is 13.6. The molecule has 0 saturated carbocycles. The van der Waals surface area contributed by atoms with Crippen molar-refractivity contribution in [1.29, 1.82) is 0 Å². The summed E-state index contributed by atoms with van der Waals surface area (Å²) in [5.41, 5.74) is 0.835. The molecule has 26 heavy (non-hydrogen) atoms. The minimum atomic E-state index is -4.61. The highest BCUT2D eigenvalue weighted by atomic mass is 19.4. The molecule has 0 aliphatic heterocycles. The van der Waals surface area contributed by atoms with Crippen LogP contribution in [0, 0.1) is 6.92 Å². The maximum Gasteiger partial charge on any atom is 0.417 e. The number of halogens is 3. The number of hydrogen-bond donors (Lipinski definition) is 1. The smallest absolute Gasteiger partial charge is 0.417 e. The van der Waals surface area contributed by atoms with Gasteiger partial charge in [0.05, 0.1) is 22.3 Å². The normalized spacial score (nSPS) is 11.9. The van der Waals surface area contributed by atoms with E-state index in [9.17, 15) is 18.0 Å². The molecule has 0 bridgehead atoms. The van der Waals surface area contributed by atoms with Gasteiger partial charge in [-0.2, -0.15) is 18.3 Å². The van der Waals surface area contributed by atoms with Crippen molar-refractivity contribution in [3.63, 3.8) is 0 Å². The van der Waals surface area contributed by atoms with Gasteiger partial charge < -0.3 is 5.11 Å². The van der Waals surface area contributed by atoms with Crippen LogP contribution in [-0.4, -0.2) is 25.8 Å². The molecule has 0 aliphatic rings. The quantitative estimate of drug-likeness (QED) is 0.759. The topological polar surface area (TPSA) is 68.0 Å². The molecule has 2 aromatic heterocycles. The van der Waals surface area contributed by atoms with Crippen LogP contribution in [0.1, 0.15) is 23.7 Å². The zero-order chi connectivity index (χ0) is 19.1. The highest BCUT2D eigenvalue weighted by Gasteiger charge is 2.35. The van der Waals surface area contributed by atoms with Gasteiger partial charge in [-0.15, -0.1) is 0 Å². The number of nitrogens with zero attached hydrogens (tertiary/aromatic N) is 3. The zero-order valence-corrected chi connectivity index (χ0v) is 14.1. The summed E-state index contributed by atoms with van der Waals surface area (Å²) < 4.78 is 41.8. The minimum Gasteiger partial charge on any atom is -0.480 e. The van der Waals surface area contributed by atoms with Gasteiger partial charge in [0, 0.05) is 5.56 Å². The molecular formula is C18H16F3N3O2. The minimum absolute atomic E-state index is 0.0886. The number of fused-ring (bicyclic) bond motifs is 1. The Morgan fingerprint density at radius 1 is 1.23 bits per heavy atom. The molecule has 3 aromatic rings. The molecule has 3 rings (SSSR count). The molecule has 0 unspecified atom stereocenters. The molecule has 2 heterocycles. The summed E-state index contributed by atoms with van der Waals surface area (Å²) in [5, 5.41) is 12.8. The van der Waals surface area contributed by atoms with Crippen molar-refractivity contribution >= 4 is 17.0 Å². The summed E-state index contributed by atoms with van der Waals surface area (Å²) >= 11 is 0. The SMILES string of the molecule is CCc1ccc(-c2cc(C(F)(F)F)c3c(C)nn(CC(=O)O)c3n2)cc1. The average molecular weight is 363 g/mol. The third kappa shape index (κ3) is 3.26. The van der Waals surface area contributed by atoms with Crippen LogP contribution in [0.15, 0.2) is 30.3 Å². The molecule has 136 valence electrons. The van der Waals surface area contributed by atoms with Gasteiger partial charge in [0.15, 0.2) is 5.65 Å². The third-order valence-electron chi connectivity index (χ3n) is 4.13. The highest BCUT2D eigenvalue weighted by molar-refractivity contribution is 5.86. The fourth-order valence-corrected chi connectivity index (χ4v) is 2.87. The first-order chi connectivity index (χ1) is 12.2. The molecule has 0 aliphatic carbocycles. The summed E-state index contributed by atoms with van der Waals surface area (Å²) in [6, 6.07) is 8.06. The lowest BCUT2D eigenvalue weighted by molar-refractivity contribution is -0.138. The van der Waals surface area contributed by atoms with Gasteiger partial charge in [-0.25, -0.2) is 9.67 Å². The number of aromatic nitrogens is 3. The lowest BCUT2D eigenvalue weighted by Gasteiger charge is -2.12. The summed E-state index contributed by atoms with van der Waals surface area (Å²) in [6.07, 6.45) is -3.80. The first-order valence-corrected chi connectivity index (χ1v) is 7.97. The number of alkyl halides is 3. The summed E-state index contributed by atoms with van der Waals surface area (Å²) in [6.45, 7) is 2.83. The fourth-order valence-electron chi connectivity index (χ4n) is 2.87. The van der Waals surface area contributed by atoms with Gasteiger partial charge in [-0.1, -0.05) is 31.2 Å². The number of benzene rings is 1. The molecule has 1 N–H and O–H groups in total. The maximum atomic E-state index is 13.6. The van der Waals surface area contributed by atoms with Crippen molar-refractivity contribution in [1.82, 2.24) is 14.8 Å².